The van der Waals surface area contributed by atoms with Crippen LogP contribution in [0.15, 0.2) is 42.0 Å². The second-order valence-corrected chi connectivity index (χ2v) is 9.96. The van der Waals surface area contributed by atoms with Gasteiger partial charge in [-0.2, -0.15) is 0 Å². The van der Waals surface area contributed by atoms with Crippen LogP contribution in [-0.2, 0) is 9.53 Å². The number of nitrogens with zero attached hydrogens (tertiary/aromatic N) is 2. The molecule has 0 bridgehead atoms. The largest absolute Gasteiger partial charge is 0.461 e. The number of benzene rings is 1. The van der Waals surface area contributed by atoms with Gasteiger partial charge in [0, 0.05) is 44.3 Å². The SMILES string of the molecule is C[C@@H]1CCC[C@@]2(C)C[C@H]3OC(=O)[C@H](CN4CCN(c5ccccc5)CC4)[C@@H]3C=C12. The van der Waals surface area contributed by atoms with Gasteiger partial charge in [0.15, 0.2) is 0 Å². The summed E-state index contributed by atoms with van der Waals surface area (Å²) in [5.41, 5.74) is 3.16. The van der Waals surface area contributed by atoms with Gasteiger partial charge in [-0.1, -0.05) is 50.1 Å². The smallest absolute Gasteiger partial charge is 0.311 e. The van der Waals surface area contributed by atoms with E-state index in [0.717, 1.165) is 39.1 Å². The normalized spacial score (nSPS) is 37.5. The van der Waals surface area contributed by atoms with E-state index in [9.17, 15) is 4.79 Å². The first-order chi connectivity index (χ1) is 14.0. The van der Waals surface area contributed by atoms with Gasteiger partial charge < -0.3 is 9.64 Å². The van der Waals surface area contributed by atoms with Crippen LogP contribution < -0.4 is 4.90 Å². The second kappa shape index (κ2) is 7.46. The number of piperazine rings is 1. The molecule has 156 valence electrons. The Labute approximate surface area is 174 Å². The molecule has 29 heavy (non-hydrogen) atoms. The third kappa shape index (κ3) is 3.50. The molecule has 0 amide bonds. The van der Waals surface area contributed by atoms with Crippen LogP contribution in [0.5, 0.6) is 0 Å². The molecule has 0 N–H and O–H groups in total. The Balaban J connectivity index is 1.27. The summed E-state index contributed by atoms with van der Waals surface area (Å²) in [6, 6.07) is 10.6. The number of ether oxygens (including phenoxy) is 1. The van der Waals surface area contributed by atoms with Crippen molar-refractivity contribution in [2.24, 2.45) is 23.2 Å². The van der Waals surface area contributed by atoms with E-state index in [-0.39, 0.29) is 29.3 Å². The number of esters is 1. The van der Waals surface area contributed by atoms with Crippen molar-refractivity contribution in [3.05, 3.63) is 42.0 Å². The number of allylic oxidation sites excluding steroid dienone is 1. The fourth-order valence-corrected chi connectivity index (χ4v) is 6.36. The molecule has 5 atom stereocenters. The van der Waals surface area contributed by atoms with Crippen molar-refractivity contribution >= 4 is 11.7 Å². The number of anilines is 1. The quantitative estimate of drug-likeness (QED) is 0.570. The van der Waals surface area contributed by atoms with Crippen molar-refractivity contribution in [1.82, 2.24) is 4.90 Å². The highest BCUT2D eigenvalue weighted by atomic mass is 16.6. The minimum Gasteiger partial charge on any atom is -0.461 e. The summed E-state index contributed by atoms with van der Waals surface area (Å²) < 4.78 is 5.94. The Hall–Kier alpha value is -1.81. The Morgan fingerprint density at radius 1 is 1.14 bits per heavy atom. The van der Waals surface area contributed by atoms with E-state index in [4.69, 9.17) is 4.74 Å². The average Bonchev–Trinajstić information content (AvgIpc) is 3.01. The van der Waals surface area contributed by atoms with Crippen molar-refractivity contribution in [3.63, 3.8) is 0 Å². The highest BCUT2D eigenvalue weighted by Crippen LogP contribution is 2.54. The third-order valence-corrected chi connectivity index (χ3v) is 8.03. The molecule has 2 aliphatic carbocycles. The van der Waals surface area contributed by atoms with Crippen LogP contribution in [0.3, 0.4) is 0 Å². The minimum absolute atomic E-state index is 0.00875. The van der Waals surface area contributed by atoms with Crippen molar-refractivity contribution in [2.45, 2.75) is 45.6 Å². The van der Waals surface area contributed by atoms with Gasteiger partial charge >= 0.3 is 5.97 Å². The van der Waals surface area contributed by atoms with Crippen LogP contribution in [-0.4, -0.2) is 49.7 Å². The van der Waals surface area contributed by atoms with E-state index in [0.29, 0.717) is 5.92 Å². The molecule has 0 spiro atoms. The topological polar surface area (TPSA) is 32.8 Å². The summed E-state index contributed by atoms with van der Waals surface area (Å²) >= 11 is 0. The molecule has 2 aliphatic heterocycles. The highest BCUT2D eigenvalue weighted by molar-refractivity contribution is 5.76. The molecule has 5 rings (SSSR count). The van der Waals surface area contributed by atoms with E-state index in [1.165, 1.54) is 24.9 Å². The number of carbonyl (C=O) groups is 1. The maximum Gasteiger partial charge on any atom is 0.311 e. The molecule has 4 nitrogen and oxygen atoms in total. The van der Waals surface area contributed by atoms with Crippen LogP contribution in [0.1, 0.15) is 39.5 Å². The monoisotopic (exact) mass is 394 g/mol. The molecule has 2 saturated heterocycles. The highest BCUT2D eigenvalue weighted by Gasteiger charge is 2.52. The van der Waals surface area contributed by atoms with E-state index in [1.54, 1.807) is 5.57 Å². The number of fused-ring (bicyclic) bond motifs is 2. The zero-order valence-corrected chi connectivity index (χ0v) is 17.8. The summed E-state index contributed by atoms with van der Waals surface area (Å²) in [5.74, 6) is 0.977. The lowest BCUT2D eigenvalue weighted by Gasteiger charge is -2.46. The Bertz CT molecular complexity index is 783. The van der Waals surface area contributed by atoms with E-state index >= 15 is 0 Å². The fourth-order valence-electron chi connectivity index (χ4n) is 6.36. The number of para-hydroxylation sites is 1. The molecule has 1 saturated carbocycles. The predicted octanol–water partition coefficient (Wildman–Crippen LogP) is 4.12. The van der Waals surface area contributed by atoms with Crippen LogP contribution in [0.2, 0.25) is 0 Å². The molecular formula is C25H34N2O2. The van der Waals surface area contributed by atoms with E-state index < -0.39 is 0 Å². The van der Waals surface area contributed by atoms with Gasteiger partial charge in [0.2, 0.25) is 0 Å². The van der Waals surface area contributed by atoms with Crippen LogP contribution in [0, 0.1) is 23.2 Å². The number of hydrogen-bond acceptors (Lipinski definition) is 4. The second-order valence-electron chi connectivity index (χ2n) is 9.96. The molecule has 4 aliphatic rings. The van der Waals surface area contributed by atoms with Crippen molar-refractivity contribution < 1.29 is 9.53 Å². The molecular weight excluding hydrogens is 360 g/mol. The lowest BCUT2D eigenvalue weighted by Crippen LogP contribution is -2.49. The lowest BCUT2D eigenvalue weighted by molar-refractivity contribution is -0.145. The molecule has 3 fully saturated rings. The summed E-state index contributed by atoms with van der Waals surface area (Å²) in [6.07, 6.45) is 7.44. The van der Waals surface area contributed by atoms with Crippen molar-refractivity contribution in [2.75, 3.05) is 37.6 Å². The molecule has 1 aromatic carbocycles. The number of hydrogen-bond donors (Lipinski definition) is 0. The molecule has 4 heteroatoms. The standard InChI is InChI=1S/C25H34N2O2/c1-18-7-6-10-25(2)16-23-20(15-22(18)25)21(24(28)29-23)17-26-11-13-27(14-12-26)19-8-4-3-5-9-19/h3-5,8-9,15,18,20-21,23H,6-7,10-14,16-17H2,1-2H3/t18-,20+,21-,23-,25+/m1/s1. The zero-order chi connectivity index (χ0) is 20.0. The number of rotatable bonds is 3. The number of carbonyl (C=O) groups excluding carboxylic acids is 1. The first-order valence-electron chi connectivity index (χ1n) is 11.5. The van der Waals surface area contributed by atoms with Crippen LogP contribution in [0.25, 0.3) is 0 Å². The molecule has 1 aromatic rings. The Morgan fingerprint density at radius 2 is 1.90 bits per heavy atom. The molecule has 0 radical (unpaired) electrons. The van der Waals surface area contributed by atoms with Crippen molar-refractivity contribution in [3.8, 4) is 0 Å². The van der Waals surface area contributed by atoms with E-state index in [1.807, 2.05) is 0 Å². The summed E-state index contributed by atoms with van der Waals surface area (Å²) in [7, 11) is 0. The summed E-state index contributed by atoms with van der Waals surface area (Å²) in [5, 5.41) is 0. The molecule has 0 aromatic heterocycles. The summed E-state index contributed by atoms with van der Waals surface area (Å²) in [6.45, 7) is 9.69. The van der Waals surface area contributed by atoms with Gasteiger partial charge in [-0.3, -0.25) is 9.69 Å². The van der Waals surface area contributed by atoms with Gasteiger partial charge in [-0.25, -0.2) is 0 Å². The average molecular weight is 395 g/mol. The van der Waals surface area contributed by atoms with Gasteiger partial charge in [0.1, 0.15) is 6.10 Å². The first-order valence-corrected chi connectivity index (χ1v) is 11.5. The zero-order valence-electron chi connectivity index (χ0n) is 17.8. The Morgan fingerprint density at radius 3 is 2.66 bits per heavy atom. The lowest BCUT2D eigenvalue weighted by atomic mass is 9.59. The summed E-state index contributed by atoms with van der Waals surface area (Å²) in [4.78, 5) is 17.7. The maximum absolute atomic E-state index is 12.8. The molecule has 2 heterocycles. The van der Waals surface area contributed by atoms with Crippen molar-refractivity contribution in [1.29, 1.82) is 0 Å². The van der Waals surface area contributed by atoms with Crippen LogP contribution in [0.4, 0.5) is 5.69 Å². The predicted molar refractivity (Wildman–Crippen MR) is 116 cm³/mol. The Kier molecular flexibility index (Phi) is 4.93. The van der Waals surface area contributed by atoms with Gasteiger partial charge in [-0.15, -0.1) is 0 Å². The van der Waals surface area contributed by atoms with E-state index in [2.05, 4.69) is 60.1 Å². The molecule has 0 unspecified atom stereocenters. The van der Waals surface area contributed by atoms with Gasteiger partial charge in [0.05, 0.1) is 5.92 Å². The van der Waals surface area contributed by atoms with Crippen LogP contribution >= 0.6 is 0 Å². The van der Waals surface area contributed by atoms with Gasteiger partial charge in [-0.05, 0) is 42.7 Å². The third-order valence-electron chi connectivity index (χ3n) is 8.03. The van der Waals surface area contributed by atoms with Gasteiger partial charge in [0.25, 0.3) is 0 Å². The minimum atomic E-state index is 0.00875. The first kappa shape index (κ1) is 19.2. The fraction of sp³-hybridized carbons (Fsp3) is 0.640. The maximum atomic E-state index is 12.8.